The van der Waals surface area contributed by atoms with E-state index in [1.54, 1.807) is 6.20 Å². The number of nitrogens with one attached hydrogen (secondary N) is 2. The molecule has 0 unspecified atom stereocenters. The molecule has 1 heterocycles. The summed E-state index contributed by atoms with van der Waals surface area (Å²) in [7, 11) is 0. The number of aliphatic hydroxyl groups excluding tert-OH is 1. The van der Waals surface area contributed by atoms with Crippen LogP contribution in [0.3, 0.4) is 0 Å². The van der Waals surface area contributed by atoms with Crippen molar-refractivity contribution < 1.29 is 9.90 Å². The van der Waals surface area contributed by atoms with E-state index in [0.717, 1.165) is 18.4 Å². The van der Waals surface area contributed by atoms with E-state index in [-0.39, 0.29) is 18.1 Å². The van der Waals surface area contributed by atoms with Crippen molar-refractivity contribution in [1.29, 1.82) is 0 Å². The second kappa shape index (κ2) is 6.83. The first-order valence-corrected chi connectivity index (χ1v) is 7.87. The number of aromatic nitrogens is 2. The molecule has 1 aliphatic carbocycles. The summed E-state index contributed by atoms with van der Waals surface area (Å²) in [5, 5.41) is 19.2. The van der Waals surface area contributed by atoms with E-state index in [9.17, 15) is 9.90 Å². The first-order chi connectivity index (χ1) is 11.2. The van der Waals surface area contributed by atoms with Crippen LogP contribution in [0.1, 0.15) is 24.0 Å². The molecule has 0 saturated heterocycles. The first kappa shape index (κ1) is 15.6. The molecule has 2 aromatic rings. The molecule has 1 saturated carbocycles. The Balaban J connectivity index is 1.43. The number of amides is 2. The number of urea groups is 1. The van der Waals surface area contributed by atoms with Crippen LogP contribution in [0.25, 0.3) is 0 Å². The number of carbonyl (C=O) groups excluding carboxylic acids is 1. The van der Waals surface area contributed by atoms with Crippen molar-refractivity contribution in [3.63, 3.8) is 0 Å². The zero-order valence-electron chi connectivity index (χ0n) is 13.0. The van der Waals surface area contributed by atoms with Gasteiger partial charge >= 0.3 is 6.03 Å². The maximum Gasteiger partial charge on any atom is 0.315 e. The van der Waals surface area contributed by atoms with E-state index in [1.165, 1.54) is 5.56 Å². The van der Waals surface area contributed by atoms with Gasteiger partial charge in [-0.05, 0) is 18.4 Å². The molecule has 0 bridgehead atoms. The van der Waals surface area contributed by atoms with Crippen molar-refractivity contribution in [2.45, 2.75) is 25.9 Å². The molecule has 2 amide bonds. The fourth-order valence-corrected chi connectivity index (χ4v) is 2.43. The molecule has 122 valence electrons. The molecule has 0 radical (unpaired) electrons. The van der Waals surface area contributed by atoms with E-state index in [1.807, 2.05) is 29.1 Å². The fraction of sp³-hybridized carbons (Fsp3) is 0.412. The monoisotopic (exact) mass is 314 g/mol. The Morgan fingerprint density at radius 3 is 2.70 bits per heavy atom. The molecular weight excluding hydrogens is 292 g/mol. The van der Waals surface area contributed by atoms with Gasteiger partial charge in [-0.2, -0.15) is 5.10 Å². The highest BCUT2D eigenvalue weighted by molar-refractivity contribution is 5.73. The normalized spacial score (nSPS) is 15.2. The number of nitrogens with zero attached hydrogens (tertiary/aromatic N) is 2. The molecule has 6 nitrogen and oxygen atoms in total. The summed E-state index contributed by atoms with van der Waals surface area (Å²) < 4.78 is 1.86. The van der Waals surface area contributed by atoms with Gasteiger partial charge in [0, 0.05) is 30.3 Å². The standard InChI is InChI=1S/C17H22N4O2/c22-13-17(6-7-17)12-19-16(23)18-8-15-9-20-21(11-15)10-14-4-2-1-3-5-14/h1-5,9,11,22H,6-8,10,12-13H2,(H2,18,19,23). The van der Waals surface area contributed by atoms with Crippen LogP contribution in [0.5, 0.6) is 0 Å². The zero-order valence-corrected chi connectivity index (χ0v) is 13.0. The van der Waals surface area contributed by atoms with Crippen LogP contribution in [0.2, 0.25) is 0 Å². The van der Waals surface area contributed by atoms with Crippen LogP contribution in [-0.4, -0.2) is 34.1 Å². The highest BCUT2D eigenvalue weighted by Crippen LogP contribution is 2.44. The van der Waals surface area contributed by atoms with Gasteiger partial charge in [0.15, 0.2) is 0 Å². The van der Waals surface area contributed by atoms with Crippen LogP contribution < -0.4 is 10.6 Å². The Kier molecular flexibility index (Phi) is 4.62. The smallest absolute Gasteiger partial charge is 0.315 e. The van der Waals surface area contributed by atoms with E-state index < -0.39 is 0 Å². The Morgan fingerprint density at radius 1 is 1.22 bits per heavy atom. The number of hydrogen-bond donors (Lipinski definition) is 3. The van der Waals surface area contributed by atoms with Crippen molar-refractivity contribution >= 4 is 6.03 Å². The number of rotatable bonds is 7. The minimum atomic E-state index is -0.208. The highest BCUT2D eigenvalue weighted by atomic mass is 16.3. The van der Waals surface area contributed by atoms with Crippen LogP contribution in [0, 0.1) is 5.41 Å². The van der Waals surface area contributed by atoms with E-state index >= 15 is 0 Å². The number of benzene rings is 1. The topological polar surface area (TPSA) is 79.2 Å². The molecule has 3 rings (SSSR count). The van der Waals surface area contributed by atoms with Crippen molar-refractivity contribution in [2.24, 2.45) is 5.41 Å². The Hall–Kier alpha value is -2.34. The Bertz CT molecular complexity index is 650. The molecule has 6 heteroatoms. The summed E-state index contributed by atoms with van der Waals surface area (Å²) in [6.07, 6.45) is 5.66. The lowest BCUT2D eigenvalue weighted by Crippen LogP contribution is -2.39. The second-order valence-electron chi connectivity index (χ2n) is 6.23. The molecule has 1 aliphatic rings. The molecule has 0 aliphatic heterocycles. The molecule has 3 N–H and O–H groups in total. The molecule has 0 spiro atoms. The van der Waals surface area contributed by atoms with Crippen molar-refractivity contribution in [1.82, 2.24) is 20.4 Å². The third-order valence-corrected chi connectivity index (χ3v) is 4.24. The van der Waals surface area contributed by atoms with Crippen molar-refractivity contribution in [3.05, 3.63) is 53.9 Å². The lowest BCUT2D eigenvalue weighted by atomic mass is 10.1. The van der Waals surface area contributed by atoms with Crippen LogP contribution in [0.4, 0.5) is 4.79 Å². The van der Waals surface area contributed by atoms with Crippen LogP contribution >= 0.6 is 0 Å². The maximum atomic E-state index is 11.8. The summed E-state index contributed by atoms with van der Waals surface area (Å²) in [6, 6.07) is 9.91. The van der Waals surface area contributed by atoms with Gasteiger partial charge in [-0.3, -0.25) is 4.68 Å². The van der Waals surface area contributed by atoms with Gasteiger partial charge in [0.25, 0.3) is 0 Å². The Labute approximate surface area is 135 Å². The Morgan fingerprint density at radius 2 is 2.00 bits per heavy atom. The SMILES string of the molecule is O=C(NCc1cnn(Cc2ccccc2)c1)NCC1(CO)CC1. The van der Waals surface area contributed by atoms with Gasteiger partial charge in [0.1, 0.15) is 0 Å². The molecular formula is C17H22N4O2. The third-order valence-electron chi connectivity index (χ3n) is 4.24. The maximum absolute atomic E-state index is 11.8. The van der Waals surface area contributed by atoms with Crippen molar-refractivity contribution in [2.75, 3.05) is 13.2 Å². The van der Waals surface area contributed by atoms with E-state index in [0.29, 0.717) is 19.6 Å². The molecule has 23 heavy (non-hydrogen) atoms. The summed E-state index contributed by atoms with van der Waals surface area (Å²) in [5.41, 5.74) is 2.07. The quantitative estimate of drug-likeness (QED) is 0.725. The fourth-order valence-electron chi connectivity index (χ4n) is 2.43. The average Bonchev–Trinajstić information content (AvgIpc) is 3.24. The first-order valence-electron chi connectivity index (χ1n) is 7.87. The highest BCUT2D eigenvalue weighted by Gasteiger charge is 2.42. The van der Waals surface area contributed by atoms with E-state index in [2.05, 4.69) is 27.9 Å². The zero-order chi connectivity index (χ0) is 16.1. The summed E-state index contributed by atoms with van der Waals surface area (Å²) in [6.45, 7) is 1.82. The lowest BCUT2D eigenvalue weighted by molar-refractivity contribution is 0.203. The number of hydrogen-bond acceptors (Lipinski definition) is 3. The van der Waals surface area contributed by atoms with Gasteiger partial charge < -0.3 is 15.7 Å². The minimum Gasteiger partial charge on any atom is -0.396 e. The minimum absolute atomic E-state index is 0.0715. The second-order valence-corrected chi connectivity index (χ2v) is 6.23. The average molecular weight is 314 g/mol. The number of aliphatic hydroxyl groups is 1. The van der Waals surface area contributed by atoms with E-state index in [4.69, 9.17) is 0 Å². The summed E-state index contributed by atoms with van der Waals surface area (Å²) in [5.74, 6) is 0. The van der Waals surface area contributed by atoms with Gasteiger partial charge in [0.2, 0.25) is 0 Å². The van der Waals surface area contributed by atoms with Gasteiger partial charge in [-0.25, -0.2) is 4.79 Å². The molecule has 0 atom stereocenters. The van der Waals surface area contributed by atoms with Gasteiger partial charge in [-0.15, -0.1) is 0 Å². The van der Waals surface area contributed by atoms with Crippen LogP contribution in [0.15, 0.2) is 42.7 Å². The lowest BCUT2D eigenvalue weighted by Gasteiger charge is -2.13. The van der Waals surface area contributed by atoms with Gasteiger partial charge in [0.05, 0.1) is 19.3 Å². The summed E-state index contributed by atoms with van der Waals surface area (Å²) >= 11 is 0. The van der Waals surface area contributed by atoms with Crippen LogP contribution in [-0.2, 0) is 13.1 Å². The molecule has 1 aromatic carbocycles. The van der Waals surface area contributed by atoms with Crippen molar-refractivity contribution in [3.8, 4) is 0 Å². The van der Waals surface area contributed by atoms with Gasteiger partial charge in [-0.1, -0.05) is 30.3 Å². The summed E-state index contributed by atoms with van der Waals surface area (Å²) in [4.78, 5) is 11.8. The molecule has 1 aromatic heterocycles. The number of carbonyl (C=O) groups is 1. The third kappa shape index (κ3) is 4.32. The predicted molar refractivity (Wildman–Crippen MR) is 86.8 cm³/mol. The molecule has 1 fully saturated rings. The largest absolute Gasteiger partial charge is 0.396 e. The predicted octanol–water partition coefficient (Wildman–Crippen LogP) is 1.50.